The fourth-order valence-corrected chi connectivity index (χ4v) is 2.55. The zero-order chi connectivity index (χ0) is 12.3. The topological polar surface area (TPSA) is 47.4 Å². The summed E-state index contributed by atoms with van der Waals surface area (Å²) in [6, 6.07) is 1.87. The van der Waals surface area contributed by atoms with E-state index in [1.807, 2.05) is 6.07 Å². The molecule has 0 saturated heterocycles. The Morgan fingerprint density at radius 1 is 1.65 bits per heavy atom. The third kappa shape index (κ3) is 2.54. The van der Waals surface area contributed by atoms with Crippen LogP contribution in [0.5, 0.6) is 0 Å². The normalized spacial score (nSPS) is 12.6. The van der Waals surface area contributed by atoms with Crippen molar-refractivity contribution in [3.05, 3.63) is 29.2 Å². The van der Waals surface area contributed by atoms with Crippen molar-refractivity contribution >= 4 is 45.8 Å². The Kier molecular flexibility index (Phi) is 3.88. The van der Waals surface area contributed by atoms with Crippen molar-refractivity contribution in [2.75, 3.05) is 13.7 Å². The maximum absolute atomic E-state index is 5.04. The molecule has 0 radical (unpaired) electrons. The summed E-state index contributed by atoms with van der Waals surface area (Å²) in [6.07, 6.45) is 3.50. The van der Waals surface area contributed by atoms with Gasteiger partial charge in [-0.05, 0) is 12.8 Å². The summed E-state index contributed by atoms with van der Waals surface area (Å²) in [5.41, 5.74) is 1.59. The number of ether oxygens (including phenoxy) is 1. The Morgan fingerprint density at radius 3 is 3.12 bits per heavy atom. The van der Waals surface area contributed by atoms with Gasteiger partial charge in [0, 0.05) is 19.5 Å². The molecule has 2 aromatic heterocycles. The summed E-state index contributed by atoms with van der Waals surface area (Å²) in [4.78, 5) is 13.1. The number of rotatable bonds is 4. The number of aromatic nitrogens is 2. The third-order valence-electron chi connectivity index (χ3n) is 2.14. The zero-order valence-corrected chi connectivity index (χ0v) is 11.0. The molecule has 4 nitrogen and oxygen atoms in total. The number of thiol groups is 1. The van der Waals surface area contributed by atoms with Crippen LogP contribution in [0, 0.1) is 0 Å². The second kappa shape index (κ2) is 5.39. The van der Waals surface area contributed by atoms with Crippen LogP contribution in [0.2, 0.25) is 0 Å². The first-order valence-electron chi connectivity index (χ1n) is 4.85. The van der Waals surface area contributed by atoms with Gasteiger partial charge in [0.25, 0.3) is 0 Å². The molecule has 6 heteroatoms. The fourth-order valence-electron chi connectivity index (χ4n) is 1.33. The third-order valence-corrected chi connectivity index (χ3v) is 3.78. The molecular formula is C11H11N3OS2. The zero-order valence-electron chi connectivity index (χ0n) is 9.25. The van der Waals surface area contributed by atoms with E-state index in [1.165, 1.54) is 11.3 Å². The van der Waals surface area contributed by atoms with Crippen molar-refractivity contribution in [1.82, 2.24) is 9.97 Å². The Hall–Kier alpha value is -1.24. The SMILES string of the molecule is C=N/C(COC)=C(\S)c1nc2ccncc2s1. The number of nitrogens with zero attached hydrogens (tertiary/aromatic N) is 3. The van der Waals surface area contributed by atoms with Gasteiger partial charge < -0.3 is 4.74 Å². The van der Waals surface area contributed by atoms with Crippen molar-refractivity contribution in [3.63, 3.8) is 0 Å². The lowest BCUT2D eigenvalue weighted by Crippen LogP contribution is -1.93. The first kappa shape index (κ1) is 12.2. The molecule has 0 spiro atoms. The molecule has 0 aliphatic heterocycles. The van der Waals surface area contributed by atoms with Crippen molar-refractivity contribution in [1.29, 1.82) is 0 Å². The van der Waals surface area contributed by atoms with Crippen molar-refractivity contribution in [2.24, 2.45) is 4.99 Å². The number of fused-ring (bicyclic) bond motifs is 1. The van der Waals surface area contributed by atoms with Crippen LogP contribution in [-0.4, -0.2) is 30.4 Å². The summed E-state index contributed by atoms with van der Waals surface area (Å²) in [7, 11) is 1.61. The number of aliphatic imine (C=N–C) groups is 1. The average Bonchev–Trinajstić information content (AvgIpc) is 2.78. The highest BCUT2D eigenvalue weighted by molar-refractivity contribution is 7.90. The average molecular weight is 265 g/mol. The van der Waals surface area contributed by atoms with Crippen LogP contribution in [0.1, 0.15) is 5.01 Å². The van der Waals surface area contributed by atoms with E-state index in [0.717, 1.165) is 15.2 Å². The lowest BCUT2D eigenvalue weighted by molar-refractivity contribution is 0.225. The van der Waals surface area contributed by atoms with Gasteiger partial charge >= 0.3 is 0 Å². The molecule has 0 aliphatic carbocycles. The van der Waals surface area contributed by atoms with E-state index < -0.39 is 0 Å². The lowest BCUT2D eigenvalue weighted by atomic mass is 10.4. The monoisotopic (exact) mass is 265 g/mol. The molecule has 17 heavy (non-hydrogen) atoms. The van der Waals surface area contributed by atoms with E-state index in [2.05, 4.69) is 34.3 Å². The standard InChI is InChI=1S/C11H11N3OS2/c1-12-8(6-15-2)10(16)11-14-7-3-4-13-5-9(7)17-11/h3-5,16H,1,6H2,2H3/b10-8-. The molecule has 0 aromatic carbocycles. The first-order valence-corrected chi connectivity index (χ1v) is 6.11. The van der Waals surface area contributed by atoms with E-state index in [-0.39, 0.29) is 0 Å². The molecule has 2 heterocycles. The number of methoxy groups -OCH3 is 1. The smallest absolute Gasteiger partial charge is 0.132 e. The predicted molar refractivity (Wildman–Crippen MR) is 74.7 cm³/mol. The molecule has 0 aliphatic rings. The second-order valence-electron chi connectivity index (χ2n) is 3.25. The van der Waals surface area contributed by atoms with Crippen LogP contribution in [-0.2, 0) is 4.74 Å². The first-order chi connectivity index (χ1) is 8.26. The summed E-state index contributed by atoms with van der Waals surface area (Å²) in [5, 5.41) is 0.802. The Morgan fingerprint density at radius 2 is 2.47 bits per heavy atom. The minimum atomic E-state index is 0.372. The van der Waals surface area contributed by atoms with Gasteiger partial charge in [-0.25, -0.2) is 4.98 Å². The highest BCUT2D eigenvalue weighted by Crippen LogP contribution is 2.30. The molecular weight excluding hydrogens is 254 g/mol. The van der Waals surface area contributed by atoms with Crippen LogP contribution in [0.25, 0.3) is 15.1 Å². The summed E-state index contributed by atoms with van der Waals surface area (Å²) < 4.78 is 6.06. The Bertz CT molecular complexity index is 544. The number of thiazole rings is 1. The fraction of sp³-hybridized carbons (Fsp3) is 0.182. The van der Waals surface area contributed by atoms with Crippen LogP contribution < -0.4 is 0 Å². The summed E-state index contributed by atoms with van der Waals surface area (Å²) in [6.45, 7) is 3.88. The molecule has 0 bridgehead atoms. The van der Waals surface area contributed by atoms with E-state index in [9.17, 15) is 0 Å². The van der Waals surface area contributed by atoms with Crippen molar-refractivity contribution < 1.29 is 4.74 Å². The van der Waals surface area contributed by atoms with Gasteiger partial charge in [-0.2, -0.15) is 0 Å². The molecule has 88 valence electrons. The quantitative estimate of drug-likeness (QED) is 0.683. The highest BCUT2D eigenvalue weighted by atomic mass is 32.1. The van der Waals surface area contributed by atoms with Crippen molar-refractivity contribution in [3.8, 4) is 0 Å². The maximum atomic E-state index is 5.04. The van der Waals surface area contributed by atoms with Crippen molar-refractivity contribution in [2.45, 2.75) is 0 Å². The minimum absolute atomic E-state index is 0.372. The largest absolute Gasteiger partial charge is 0.378 e. The minimum Gasteiger partial charge on any atom is -0.378 e. The van der Waals surface area contributed by atoms with Crippen LogP contribution in [0.3, 0.4) is 0 Å². The van der Waals surface area contributed by atoms with E-state index in [0.29, 0.717) is 17.2 Å². The molecule has 0 N–H and O–H groups in total. The lowest BCUT2D eigenvalue weighted by Gasteiger charge is -2.02. The van der Waals surface area contributed by atoms with Gasteiger partial charge in [0.15, 0.2) is 0 Å². The van der Waals surface area contributed by atoms with Gasteiger partial charge in [-0.1, -0.05) is 0 Å². The maximum Gasteiger partial charge on any atom is 0.132 e. The Balaban J connectivity index is 2.48. The Labute approximate surface area is 108 Å². The van der Waals surface area contributed by atoms with Crippen LogP contribution in [0.15, 0.2) is 29.1 Å². The van der Waals surface area contributed by atoms with Gasteiger partial charge in [0.05, 0.1) is 27.4 Å². The molecule has 0 fully saturated rings. The van der Waals surface area contributed by atoms with E-state index in [4.69, 9.17) is 4.74 Å². The molecule has 0 amide bonds. The summed E-state index contributed by atoms with van der Waals surface area (Å²) in [5.74, 6) is 0. The summed E-state index contributed by atoms with van der Waals surface area (Å²) >= 11 is 5.96. The van der Waals surface area contributed by atoms with Crippen LogP contribution >= 0.6 is 24.0 Å². The number of hydrogen-bond donors (Lipinski definition) is 1. The number of pyridine rings is 1. The molecule has 0 atom stereocenters. The molecule has 2 rings (SSSR count). The van der Waals surface area contributed by atoms with Gasteiger partial charge in [0.2, 0.25) is 0 Å². The predicted octanol–water partition coefficient (Wildman–Crippen LogP) is 2.64. The second-order valence-corrected chi connectivity index (χ2v) is 4.73. The van der Waals surface area contributed by atoms with Gasteiger partial charge in [-0.3, -0.25) is 9.98 Å². The van der Waals surface area contributed by atoms with Gasteiger partial charge in [0.1, 0.15) is 5.01 Å². The molecule has 2 aromatic rings. The number of hydrogen-bond acceptors (Lipinski definition) is 6. The van der Waals surface area contributed by atoms with Gasteiger partial charge in [-0.15, -0.1) is 24.0 Å². The van der Waals surface area contributed by atoms with E-state index >= 15 is 0 Å². The van der Waals surface area contributed by atoms with Crippen LogP contribution in [0.4, 0.5) is 0 Å². The van der Waals surface area contributed by atoms with E-state index in [1.54, 1.807) is 19.5 Å². The molecule has 0 saturated carbocycles. The highest BCUT2D eigenvalue weighted by Gasteiger charge is 2.10. The molecule has 0 unspecified atom stereocenters.